The standard InChI is InChI=1S/C18H30N4O3/c1-6-13(2)22-15(7-10-19-22)20-16(23)14-8-11-21(12-9-14)17(24)25-18(3,4)5/h7,10,13-14H,6,8-9,11-12H2,1-5H3,(H,20,23). The number of nitrogens with one attached hydrogen (secondary N) is 1. The molecule has 0 bridgehead atoms. The zero-order chi connectivity index (χ0) is 18.6. The van der Waals surface area contributed by atoms with E-state index in [2.05, 4.69) is 24.3 Å². The number of hydrogen-bond donors (Lipinski definition) is 1. The highest BCUT2D eigenvalue weighted by Gasteiger charge is 2.30. The largest absolute Gasteiger partial charge is 0.444 e. The maximum atomic E-state index is 12.5. The lowest BCUT2D eigenvalue weighted by Gasteiger charge is -2.33. The molecule has 7 nitrogen and oxygen atoms in total. The Kier molecular flexibility index (Phi) is 6.08. The van der Waals surface area contributed by atoms with Gasteiger partial charge < -0.3 is 15.0 Å². The third-order valence-corrected chi connectivity index (χ3v) is 4.45. The van der Waals surface area contributed by atoms with Crippen molar-refractivity contribution in [3.8, 4) is 0 Å². The minimum absolute atomic E-state index is 0.00566. The van der Waals surface area contributed by atoms with Crippen LogP contribution in [0, 0.1) is 5.92 Å². The second-order valence-electron chi connectivity index (χ2n) is 7.65. The van der Waals surface area contributed by atoms with Crippen LogP contribution in [0.1, 0.15) is 59.9 Å². The number of amides is 2. The summed E-state index contributed by atoms with van der Waals surface area (Å²) in [5, 5.41) is 7.27. The lowest BCUT2D eigenvalue weighted by atomic mass is 9.96. The van der Waals surface area contributed by atoms with Crippen LogP contribution in [0.2, 0.25) is 0 Å². The van der Waals surface area contributed by atoms with Crippen molar-refractivity contribution in [3.05, 3.63) is 12.3 Å². The van der Waals surface area contributed by atoms with Gasteiger partial charge in [-0.25, -0.2) is 9.48 Å². The highest BCUT2D eigenvalue weighted by Crippen LogP contribution is 2.22. The van der Waals surface area contributed by atoms with Gasteiger partial charge in [0.25, 0.3) is 0 Å². The van der Waals surface area contributed by atoms with E-state index in [0.29, 0.717) is 25.9 Å². The zero-order valence-electron chi connectivity index (χ0n) is 15.9. The molecule has 1 N–H and O–H groups in total. The number of aromatic nitrogens is 2. The SMILES string of the molecule is CCC(C)n1nccc1NC(=O)C1CCN(C(=O)OC(C)(C)C)CC1. The summed E-state index contributed by atoms with van der Waals surface area (Å²) in [5.41, 5.74) is -0.500. The molecule has 25 heavy (non-hydrogen) atoms. The lowest BCUT2D eigenvalue weighted by molar-refractivity contribution is -0.121. The van der Waals surface area contributed by atoms with Gasteiger partial charge in [0.05, 0.1) is 12.2 Å². The van der Waals surface area contributed by atoms with Crippen LogP contribution in [0.3, 0.4) is 0 Å². The third-order valence-electron chi connectivity index (χ3n) is 4.45. The van der Waals surface area contributed by atoms with Crippen LogP contribution in [0.4, 0.5) is 10.6 Å². The predicted molar refractivity (Wildman–Crippen MR) is 96.4 cm³/mol. The molecule has 1 unspecified atom stereocenters. The number of rotatable bonds is 4. The number of hydrogen-bond acceptors (Lipinski definition) is 4. The van der Waals surface area contributed by atoms with E-state index in [0.717, 1.165) is 12.2 Å². The first kappa shape index (κ1) is 19.3. The van der Waals surface area contributed by atoms with E-state index in [4.69, 9.17) is 4.74 Å². The fourth-order valence-corrected chi connectivity index (χ4v) is 2.82. The summed E-state index contributed by atoms with van der Waals surface area (Å²) in [6.45, 7) is 10.8. The molecule has 0 spiro atoms. The number of ether oxygens (including phenoxy) is 1. The van der Waals surface area contributed by atoms with Crippen LogP contribution in [-0.2, 0) is 9.53 Å². The molecule has 1 saturated heterocycles. The normalized spacial score (nSPS) is 17.2. The molecule has 0 saturated carbocycles. The van der Waals surface area contributed by atoms with Gasteiger partial charge in [-0.1, -0.05) is 6.92 Å². The van der Waals surface area contributed by atoms with Crippen molar-refractivity contribution in [2.24, 2.45) is 5.92 Å². The van der Waals surface area contributed by atoms with E-state index in [-0.39, 0.29) is 24.0 Å². The molecule has 1 aromatic heterocycles. The molecule has 1 aromatic rings. The van der Waals surface area contributed by atoms with Crippen molar-refractivity contribution in [2.75, 3.05) is 18.4 Å². The molecule has 2 heterocycles. The number of anilines is 1. The van der Waals surface area contributed by atoms with Crippen molar-refractivity contribution >= 4 is 17.8 Å². The van der Waals surface area contributed by atoms with Crippen molar-refractivity contribution in [1.82, 2.24) is 14.7 Å². The Morgan fingerprint density at radius 2 is 2.00 bits per heavy atom. The maximum absolute atomic E-state index is 12.5. The fraction of sp³-hybridized carbons (Fsp3) is 0.722. The van der Waals surface area contributed by atoms with Crippen LogP contribution in [0.5, 0.6) is 0 Å². The molecule has 7 heteroatoms. The highest BCUT2D eigenvalue weighted by molar-refractivity contribution is 5.92. The molecule has 2 rings (SSSR count). The van der Waals surface area contributed by atoms with E-state index in [9.17, 15) is 9.59 Å². The monoisotopic (exact) mass is 350 g/mol. The minimum atomic E-state index is -0.500. The fourth-order valence-electron chi connectivity index (χ4n) is 2.82. The first-order valence-corrected chi connectivity index (χ1v) is 9.03. The average molecular weight is 350 g/mol. The third kappa shape index (κ3) is 5.21. The Balaban J connectivity index is 1.88. The Bertz CT molecular complexity index is 598. The molecular formula is C18H30N4O3. The number of carbonyl (C=O) groups excluding carboxylic acids is 2. The Labute approximate surface area is 149 Å². The second-order valence-corrected chi connectivity index (χ2v) is 7.65. The molecule has 0 aliphatic carbocycles. The molecule has 1 aliphatic heterocycles. The summed E-state index contributed by atoms with van der Waals surface area (Å²) in [6.07, 6.45) is 3.62. The van der Waals surface area contributed by atoms with Gasteiger partial charge in [-0.3, -0.25) is 4.79 Å². The van der Waals surface area contributed by atoms with E-state index in [1.165, 1.54) is 0 Å². The molecule has 1 aliphatic rings. The van der Waals surface area contributed by atoms with Crippen LogP contribution in [0.25, 0.3) is 0 Å². The smallest absolute Gasteiger partial charge is 0.410 e. The van der Waals surface area contributed by atoms with Crippen LogP contribution < -0.4 is 5.32 Å². The van der Waals surface area contributed by atoms with Gasteiger partial charge in [0.1, 0.15) is 11.4 Å². The van der Waals surface area contributed by atoms with Gasteiger partial charge in [0.2, 0.25) is 5.91 Å². The minimum Gasteiger partial charge on any atom is -0.444 e. The van der Waals surface area contributed by atoms with Crippen LogP contribution in [0.15, 0.2) is 12.3 Å². The first-order chi connectivity index (χ1) is 11.7. The maximum Gasteiger partial charge on any atom is 0.410 e. The summed E-state index contributed by atoms with van der Waals surface area (Å²) in [5.74, 6) is 0.627. The van der Waals surface area contributed by atoms with Crippen molar-refractivity contribution in [2.45, 2.75) is 65.5 Å². The van der Waals surface area contributed by atoms with Gasteiger partial charge in [-0.05, 0) is 47.0 Å². The van der Waals surface area contributed by atoms with Gasteiger partial charge in [-0.2, -0.15) is 5.10 Å². The predicted octanol–water partition coefficient (Wildman–Crippen LogP) is 3.44. The first-order valence-electron chi connectivity index (χ1n) is 9.03. The average Bonchev–Trinajstić information content (AvgIpc) is 3.00. The lowest BCUT2D eigenvalue weighted by Crippen LogP contribution is -2.43. The highest BCUT2D eigenvalue weighted by atomic mass is 16.6. The molecule has 1 atom stereocenters. The van der Waals surface area contributed by atoms with Crippen LogP contribution in [-0.4, -0.2) is 45.4 Å². The van der Waals surface area contributed by atoms with Gasteiger partial charge in [0, 0.05) is 25.1 Å². The van der Waals surface area contributed by atoms with Crippen LogP contribution >= 0.6 is 0 Å². The number of piperidine rings is 1. The van der Waals surface area contributed by atoms with Gasteiger partial charge in [0.15, 0.2) is 0 Å². The van der Waals surface area contributed by atoms with E-state index < -0.39 is 5.60 Å². The summed E-state index contributed by atoms with van der Waals surface area (Å²) >= 11 is 0. The summed E-state index contributed by atoms with van der Waals surface area (Å²) in [7, 11) is 0. The Hall–Kier alpha value is -2.05. The number of likely N-dealkylation sites (tertiary alicyclic amines) is 1. The Morgan fingerprint density at radius 3 is 2.56 bits per heavy atom. The van der Waals surface area contributed by atoms with E-state index >= 15 is 0 Å². The molecular weight excluding hydrogens is 320 g/mol. The summed E-state index contributed by atoms with van der Waals surface area (Å²) in [6, 6.07) is 2.05. The van der Waals surface area contributed by atoms with Crippen molar-refractivity contribution in [1.29, 1.82) is 0 Å². The van der Waals surface area contributed by atoms with Crippen molar-refractivity contribution < 1.29 is 14.3 Å². The summed E-state index contributed by atoms with van der Waals surface area (Å²) < 4.78 is 7.23. The second kappa shape index (κ2) is 7.89. The molecule has 1 fully saturated rings. The number of nitrogens with zero attached hydrogens (tertiary/aromatic N) is 3. The topological polar surface area (TPSA) is 76.5 Å². The Morgan fingerprint density at radius 1 is 1.36 bits per heavy atom. The van der Waals surface area contributed by atoms with Gasteiger partial charge >= 0.3 is 6.09 Å². The summed E-state index contributed by atoms with van der Waals surface area (Å²) in [4.78, 5) is 26.3. The van der Waals surface area contributed by atoms with E-state index in [1.807, 2.05) is 31.5 Å². The molecule has 0 radical (unpaired) electrons. The molecule has 0 aromatic carbocycles. The van der Waals surface area contributed by atoms with Crippen molar-refractivity contribution in [3.63, 3.8) is 0 Å². The molecule has 140 valence electrons. The zero-order valence-corrected chi connectivity index (χ0v) is 15.9. The van der Waals surface area contributed by atoms with E-state index in [1.54, 1.807) is 11.1 Å². The number of carbonyl (C=O) groups is 2. The van der Waals surface area contributed by atoms with Gasteiger partial charge in [-0.15, -0.1) is 0 Å². The quantitative estimate of drug-likeness (QED) is 0.902. The molecule has 2 amide bonds.